The summed E-state index contributed by atoms with van der Waals surface area (Å²) in [7, 11) is -2.99. The summed E-state index contributed by atoms with van der Waals surface area (Å²) in [5.74, 6) is -0.588. The summed E-state index contributed by atoms with van der Waals surface area (Å²) in [6, 6.07) is 5.74. The van der Waals surface area contributed by atoms with Crippen LogP contribution in [0.4, 0.5) is 4.39 Å². The molecule has 4 nitrogen and oxygen atoms in total. The molecule has 19 heavy (non-hydrogen) atoms. The molecule has 0 saturated carbocycles. The van der Waals surface area contributed by atoms with Crippen molar-refractivity contribution >= 4 is 21.8 Å². The van der Waals surface area contributed by atoms with Gasteiger partial charge in [0.1, 0.15) is 15.7 Å². The molecule has 0 atom stereocenters. The minimum Gasteiger partial charge on any atom is -0.353 e. The summed E-state index contributed by atoms with van der Waals surface area (Å²) in [6.45, 7) is 0.305. The fourth-order valence-corrected chi connectivity index (χ4v) is 2.02. The molecule has 0 heterocycles. The minimum absolute atomic E-state index is 0.0506. The van der Waals surface area contributed by atoms with E-state index in [1.165, 1.54) is 18.2 Å². The van der Waals surface area contributed by atoms with Crippen molar-refractivity contribution < 1.29 is 17.6 Å². The predicted molar refractivity (Wildman–Crippen MR) is 72.8 cm³/mol. The van der Waals surface area contributed by atoms with Crippen LogP contribution in [0, 0.1) is 5.82 Å². The molecular weight excluding hydrogens is 269 g/mol. The second-order valence-electron chi connectivity index (χ2n) is 4.16. The van der Waals surface area contributed by atoms with Crippen LogP contribution in [0.15, 0.2) is 30.3 Å². The van der Waals surface area contributed by atoms with Gasteiger partial charge in [-0.05, 0) is 30.2 Å². The van der Waals surface area contributed by atoms with Gasteiger partial charge in [0, 0.05) is 18.9 Å². The van der Waals surface area contributed by atoms with Gasteiger partial charge in [-0.25, -0.2) is 12.8 Å². The molecule has 0 aliphatic rings. The molecule has 104 valence electrons. The fraction of sp³-hybridized carbons (Fsp3) is 0.308. The molecule has 0 saturated heterocycles. The molecule has 0 aliphatic carbocycles. The van der Waals surface area contributed by atoms with Gasteiger partial charge in [0.05, 0.1) is 5.75 Å². The lowest BCUT2D eigenvalue weighted by Crippen LogP contribution is -2.23. The Morgan fingerprint density at radius 3 is 2.53 bits per heavy atom. The quantitative estimate of drug-likeness (QED) is 0.634. The molecule has 0 bridgehead atoms. The van der Waals surface area contributed by atoms with Gasteiger partial charge in [-0.3, -0.25) is 4.79 Å². The molecule has 6 heteroatoms. The van der Waals surface area contributed by atoms with Crippen molar-refractivity contribution in [1.29, 1.82) is 0 Å². The van der Waals surface area contributed by atoms with Crippen molar-refractivity contribution in [3.05, 3.63) is 41.7 Å². The van der Waals surface area contributed by atoms with E-state index in [0.717, 1.165) is 6.26 Å². The smallest absolute Gasteiger partial charge is 0.243 e. The van der Waals surface area contributed by atoms with Gasteiger partial charge in [-0.1, -0.05) is 12.1 Å². The molecule has 1 rings (SSSR count). The molecule has 1 N–H and O–H groups in total. The zero-order chi connectivity index (χ0) is 14.3. The predicted octanol–water partition coefficient (Wildman–Crippen LogP) is 1.39. The van der Waals surface area contributed by atoms with Crippen molar-refractivity contribution in [3.8, 4) is 0 Å². The molecule has 1 aromatic rings. The largest absolute Gasteiger partial charge is 0.353 e. The van der Waals surface area contributed by atoms with Gasteiger partial charge in [0.2, 0.25) is 5.91 Å². The van der Waals surface area contributed by atoms with Crippen LogP contribution in [0.3, 0.4) is 0 Å². The maximum atomic E-state index is 12.6. The minimum atomic E-state index is -2.99. The highest BCUT2D eigenvalue weighted by Crippen LogP contribution is 2.04. The number of benzene rings is 1. The highest BCUT2D eigenvalue weighted by Gasteiger charge is 2.01. The molecule has 0 aromatic heterocycles. The molecule has 1 aromatic carbocycles. The Bertz CT molecular complexity index is 550. The molecular formula is C13H16FNO3S. The van der Waals surface area contributed by atoms with Gasteiger partial charge in [0.15, 0.2) is 0 Å². The van der Waals surface area contributed by atoms with Crippen LogP contribution < -0.4 is 5.32 Å². The van der Waals surface area contributed by atoms with E-state index in [9.17, 15) is 17.6 Å². The van der Waals surface area contributed by atoms with E-state index in [1.807, 2.05) is 0 Å². The van der Waals surface area contributed by atoms with Crippen molar-refractivity contribution in [2.75, 3.05) is 18.6 Å². The monoisotopic (exact) mass is 285 g/mol. The van der Waals surface area contributed by atoms with Gasteiger partial charge in [-0.2, -0.15) is 0 Å². The molecule has 0 unspecified atom stereocenters. The van der Waals surface area contributed by atoms with Crippen LogP contribution >= 0.6 is 0 Å². The summed E-state index contributed by atoms with van der Waals surface area (Å²) >= 11 is 0. The van der Waals surface area contributed by atoms with Crippen LogP contribution in [-0.4, -0.2) is 32.9 Å². The van der Waals surface area contributed by atoms with Gasteiger partial charge in [-0.15, -0.1) is 0 Å². The summed E-state index contributed by atoms with van der Waals surface area (Å²) in [5.41, 5.74) is 0.715. The molecule has 0 aliphatic heterocycles. The Morgan fingerprint density at radius 2 is 1.95 bits per heavy atom. The maximum absolute atomic E-state index is 12.6. The van der Waals surface area contributed by atoms with Gasteiger partial charge < -0.3 is 5.32 Å². The number of carbonyl (C=O) groups is 1. The van der Waals surface area contributed by atoms with Gasteiger partial charge >= 0.3 is 0 Å². The Morgan fingerprint density at radius 1 is 1.32 bits per heavy atom. The van der Waals surface area contributed by atoms with Crippen LogP contribution in [0.5, 0.6) is 0 Å². The topological polar surface area (TPSA) is 63.2 Å². The van der Waals surface area contributed by atoms with E-state index >= 15 is 0 Å². The van der Waals surface area contributed by atoms with Crippen molar-refractivity contribution in [2.24, 2.45) is 0 Å². The highest BCUT2D eigenvalue weighted by molar-refractivity contribution is 7.90. The standard InChI is InChI=1S/C13H16FNO3S/c1-19(17,18)10-2-9-15-13(16)8-5-11-3-6-12(14)7-4-11/h3-8H,2,9-10H2,1H3,(H,15,16)/b8-5-. The average molecular weight is 285 g/mol. The van der Waals surface area contributed by atoms with Crippen molar-refractivity contribution in [2.45, 2.75) is 6.42 Å². The zero-order valence-corrected chi connectivity index (χ0v) is 11.4. The number of carbonyl (C=O) groups excluding carboxylic acids is 1. The van der Waals surface area contributed by atoms with E-state index in [2.05, 4.69) is 5.32 Å². The normalized spacial score (nSPS) is 11.7. The Hall–Kier alpha value is -1.69. The van der Waals surface area contributed by atoms with Gasteiger partial charge in [0.25, 0.3) is 0 Å². The summed E-state index contributed by atoms with van der Waals surface area (Å²) in [6.07, 6.45) is 4.43. The summed E-state index contributed by atoms with van der Waals surface area (Å²) in [5, 5.41) is 2.57. The SMILES string of the molecule is CS(=O)(=O)CCCNC(=O)/C=C\c1ccc(F)cc1. The number of hydrogen-bond acceptors (Lipinski definition) is 3. The second kappa shape index (κ2) is 7.04. The third-order valence-electron chi connectivity index (χ3n) is 2.29. The maximum Gasteiger partial charge on any atom is 0.243 e. The first kappa shape index (κ1) is 15.4. The molecule has 1 amide bonds. The van der Waals surface area contributed by atoms with Crippen LogP contribution in [0.1, 0.15) is 12.0 Å². The molecule has 0 fully saturated rings. The lowest BCUT2D eigenvalue weighted by Gasteiger charge is -2.01. The zero-order valence-electron chi connectivity index (χ0n) is 10.6. The number of rotatable bonds is 6. The molecule has 0 spiro atoms. The van der Waals surface area contributed by atoms with Crippen LogP contribution in [-0.2, 0) is 14.6 Å². The Labute approximate surface area is 112 Å². The third kappa shape index (κ3) is 7.35. The third-order valence-corrected chi connectivity index (χ3v) is 3.32. The van der Waals surface area contributed by atoms with Crippen LogP contribution in [0.25, 0.3) is 6.08 Å². The lowest BCUT2D eigenvalue weighted by atomic mass is 10.2. The first-order chi connectivity index (χ1) is 8.87. The van der Waals surface area contributed by atoms with E-state index < -0.39 is 9.84 Å². The van der Waals surface area contributed by atoms with E-state index in [1.54, 1.807) is 18.2 Å². The molecule has 0 radical (unpaired) electrons. The van der Waals surface area contributed by atoms with Crippen LogP contribution in [0.2, 0.25) is 0 Å². The average Bonchev–Trinajstić information content (AvgIpc) is 2.33. The Balaban J connectivity index is 2.33. The highest BCUT2D eigenvalue weighted by atomic mass is 32.2. The Kier molecular flexibility index (Phi) is 5.69. The summed E-state index contributed by atoms with van der Waals surface area (Å²) < 4.78 is 34.3. The number of nitrogens with one attached hydrogen (secondary N) is 1. The number of halogens is 1. The summed E-state index contributed by atoms with van der Waals surface area (Å²) in [4.78, 5) is 11.4. The first-order valence-corrected chi connectivity index (χ1v) is 7.82. The van der Waals surface area contributed by atoms with E-state index in [0.29, 0.717) is 18.5 Å². The number of amides is 1. The lowest BCUT2D eigenvalue weighted by molar-refractivity contribution is -0.116. The van der Waals surface area contributed by atoms with E-state index in [4.69, 9.17) is 0 Å². The fourth-order valence-electron chi connectivity index (χ4n) is 1.35. The second-order valence-corrected chi connectivity index (χ2v) is 6.42. The number of hydrogen-bond donors (Lipinski definition) is 1. The number of sulfone groups is 1. The first-order valence-electron chi connectivity index (χ1n) is 5.76. The van der Waals surface area contributed by atoms with Crippen molar-refractivity contribution in [3.63, 3.8) is 0 Å². The van der Waals surface area contributed by atoms with E-state index in [-0.39, 0.29) is 17.5 Å². The van der Waals surface area contributed by atoms with Crippen molar-refractivity contribution in [1.82, 2.24) is 5.32 Å².